The van der Waals surface area contributed by atoms with Gasteiger partial charge in [-0.25, -0.2) is 0 Å². The largest absolute Gasteiger partial charge is 0.484 e. The smallest absolute Gasteiger partial charge is 0.260 e. The molecule has 1 aromatic carbocycles. The first-order valence-electron chi connectivity index (χ1n) is 10.5. The van der Waals surface area contributed by atoms with Gasteiger partial charge in [-0.2, -0.15) is 0 Å². The predicted octanol–water partition coefficient (Wildman–Crippen LogP) is 3.28. The first-order chi connectivity index (χ1) is 12.8. The second kappa shape index (κ2) is 8.43. The van der Waals surface area contributed by atoms with E-state index in [1.165, 1.54) is 62.7 Å². The molecule has 0 spiro atoms. The molecule has 142 valence electrons. The van der Waals surface area contributed by atoms with E-state index in [0.717, 1.165) is 38.2 Å². The first-order valence-corrected chi connectivity index (χ1v) is 10.5. The Morgan fingerprint density at radius 2 is 1.85 bits per heavy atom. The summed E-state index contributed by atoms with van der Waals surface area (Å²) in [4.78, 5) is 17.3. The van der Waals surface area contributed by atoms with Crippen LogP contribution in [0.25, 0.3) is 0 Å². The fourth-order valence-corrected chi connectivity index (χ4v) is 4.82. The molecule has 1 aliphatic carbocycles. The second-order valence-corrected chi connectivity index (χ2v) is 8.28. The zero-order chi connectivity index (χ0) is 17.8. The van der Waals surface area contributed by atoms with Crippen molar-refractivity contribution in [2.75, 3.05) is 39.3 Å². The van der Waals surface area contributed by atoms with Gasteiger partial charge in [0, 0.05) is 19.6 Å². The fourth-order valence-electron chi connectivity index (χ4n) is 4.82. The number of hydrogen-bond acceptors (Lipinski definition) is 3. The molecular weight excluding hydrogens is 324 g/mol. The van der Waals surface area contributed by atoms with Crippen LogP contribution in [0.15, 0.2) is 18.2 Å². The molecule has 1 aromatic rings. The van der Waals surface area contributed by atoms with Crippen LogP contribution in [0.2, 0.25) is 0 Å². The third kappa shape index (κ3) is 4.40. The van der Waals surface area contributed by atoms with Gasteiger partial charge in [0.1, 0.15) is 5.75 Å². The summed E-state index contributed by atoms with van der Waals surface area (Å²) in [5.41, 5.74) is 2.84. The third-order valence-electron chi connectivity index (χ3n) is 6.27. The summed E-state index contributed by atoms with van der Waals surface area (Å²) in [5.74, 6) is 1.63. The number of carbonyl (C=O) groups is 1. The van der Waals surface area contributed by atoms with E-state index >= 15 is 0 Å². The van der Waals surface area contributed by atoms with E-state index in [1.54, 1.807) is 0 Å². The van der Waals surface area contributed by atoms with Crippen LogP contribution in [0.1, 0.15) is 49.7 Å². The number of ether oxygens (including phenoxy) is 1. The van der Waals surface area contributed by atoms with Gasteiger partial charge in [0.25, 0.3) is 5.91 Å². The van der Waals surface area contributed by atoms with Crippen LogP contribution in [-0.2, 0) is 17.6 Å². The van der Waals surface area contributed by atoms with Gasteiger partial charge in [-0.05, 0) is 87.2 Å². The van der Waals surface area contributed by atoms with Crippen LogP contribution in [-0.4, -0.2) is 55.0 Å². The number of aryl methyl sites for hydroxylation is 2. The standard InChI is InChI=1S/C22H32N2O2/c25-22(17-26-21-10-9-19-7-4-8-20(19)14-21)24-13-5-6-18(16-24)15-23-11-2-1-3-12-23/h9-10,14,18H,1-8,11-13,15-17H2/t18-/m0/s1. The average molecular weight is 357 g/mol. The quantitative estimate of drug-likeness (QED) is 0.812. The summed E-state index contributed by atoms with van der Waals surface area (Å²) in [5, 5.41) is 0. The van der Waals surface area contributed by atoms with Gasteiger partial charge in [-0.3, -0.25) is 4.79 Å². The molecule has 0 bridgehead atoms. The number of piperidine rings is 2. The lowest BCUT2D eigenvalue weighted by Gasteiger charge is -2.36. The molecular formula is C22H32N2O2. The van der Waals surface area contributed by atoms with Gasteiger partial charge in [0.2, 0.25) is 0 Å². The highest BCUT2D eigenvalue weighted by Gasteiger charge is 2.26. The Bertz CT molecular complexity index is 625. The monoisotopic (exact) mass is 356 g/mol. The van der Waals surface area contributed by atoms with Crippen molar-refractivity contribution in [1.29, 1.82) is 0 Å². The number of likely N-dealkylation sites (tertiary alicyclic amines) is 2. The lowest BCUT2D eigenvalue weighted by molar-refractivity contribution is -0.135. The molecule has 4 heteroatoms. The Hall–Kier alpha value is -1.55. The zero-order valence-electron chi connectivity index (χ0n) is 15.9. The summed E-state index contributed by atoms with van der Waals surface area (Å²) in [6.45, 7) is 5.62. The average Bonchev–Trinajstić information content (AvgIpc) is 3.15. The lowest BCUT2D eigenvalue weighted by Crippen LogP contribution is -2.46. The first kappa shape index (κ1) is 17.8. The van der Waals surface area contributed by atoms with E-state index in [9.17, 15) is 4.79 Å². The van der Waals surface area contributed by atoms with Gasteiger partial charge in [0.15, 0.2) is 6.61 Å². The minimum Gasteiger partial charge on any atom is -0.484 e. The molecule has 26 heavy (non-hydrogen) atoms. The van der Waals surface area contributed by atoms with E-state index in [1.807, 2.05) is 11.0 Å². The maximum Gasteiger partial charge on any atom is 0.260 e. The van der Waals surface area contributed by atoms with E-state index in [-0.39, 0.29) is 12.5 Å². The Balaban J connectivity index is 1.26. The predicted molar refractivity (Wildman–Crippen MR) is 104 cm³/mol. The molecule has 2 aliphatic heterocycles. The summed E-state index contributed by atoms with van der Waals surface area (Å²) in [6.07, 6.45) is 10.0. The van der Waals surface area contributed by atoms with Crippen LogP contribution in [0.5, 0.6) is 5.75 Å². The van der Waals surface area contributed by atoms with Crippen molar-refractivity contribution >= 4 is 5.91 Å². The molecule has 2 saturated heterocycles. The number of fused-ring (bicyclic) bond motifs is 1. The van der Waals surface area contributed by atoms with Crippen molar-refractivity contribution < 1.29 is 9.53 Å². The summed E-state index contributed by atoms with van der Waals surface area (Å²) in [7, 11) is 0. The van der Waals surface area contributed by atoms with Gasteiger partial charge < -0.3 is 14.5 Å². The number of nitrogens with zero attached hydrogens (tertiary/aromatic N) is 2. The summed E-state index contributed by atoms with van der Waals surface area (Å²) >= 11 is 0. The van der Waals surface area contributed by atoms with Crippen LogP contribution in [0.4, 0.5) is 0 Å². The molecule has 0 unspecified atom stereocenters. The summed E-state index contributed by atoms with van der Waals surface area (Å²) < 4.78 is 5.83. The van der Waals surface area contributed by atoms with E-state index in [0.29, 0.717) is 5.92 Å². The van der Waals surface area contributed by atoms with Gasteiger partial charge in [-0.1, -0.05) is 12.5 Å². The number of amides is 1. The highest BCUT2D eigenvalue weighted by Crippen LogP contribution is 2.26. The van der Waals surface area contributed by atoms with Crippen molar-refractivity contribution in [2.24, 2.45) is 5.92 Å². The molecule has 0 N–H and O–H groups in total. The lowest BCUT2D eigenvalue weighted by atomic mass is 9.96. The number of benzene rings is 1. The van der Waals surface area contributed by atoms with Crippen molar-refractivity contribution in [3.8, 4) is 5.75 Å². The minimum absolute atomic E-state index is 0.147. The Morgan fingerprint density at radius 1 is 1.00 bits per heavy atom. The third-order valence-corrected chi connectivity index (χ3v) is 6.27. The van der Waals surface area contributed by atoms with Crippen LogP contribution >= 0.6 is 0 Å². The van der Waals surface area contributed by atoms with Crippen molar-refractivity contribution in [2.45, 2.75) is 51.4 Å². The number of hydrogen-bond donors (Lipinski definition) is 0. The van der Waals surface area contributed by atoms with E-state index in [2.05, 4.69) is 17.0 Å². The topological polar surface area (TPSA) is 32.8 Å². The van der Waals surface area contributed by atoms with Crippen molar-refractivity contribution in [1.82, 2.24) is 9.80 Å². The zero-order valence-corrected chi connectivity index (χ0v) is 15.9. The number of rotatable bonds is 5. The van der Waals surface area contributed by atoms with Crippen LogP contribution < -0.4 is 4.74 Å². The molecule has 2 fully saturated rings. The molecule has 0 aromatic heterocycles. The molecule has 4 rings (SSSR count). The van der Waals surface area contributed by atoms with Crippen molar-refractivity contribution in [3.05, 3.63) is 29.3 Å². The Labute approximate surface area is 157 Å². The van der Waals surface area contributed by atoms with Crippen LogP contribution in [0, 0.1) is 5.92 Å². The fraction of sp³-hybridized carbons (Fsp3) is 0.682. The molecule has 1 amide bonds. The molecule has 0 saturated carbocycles. The van der Waals surface area contributed by atoms with Crippen molar-refractivity contribution in [3.63, 3.8) is 0 Å². The normalized spacial score (nSPS) is 23.7. The molecule has 4 nitrogen and oxygen atoms in total. The Kier molecular flexibility index (Phi) is 5.78. The highest BCUT2D eigenvalue weighted by molar-refractivity contribution is 5.77. The maximum atomic E-state index is 12.6. The van der Waals surface area contributed by atoms with E-state index < -0.39 is 0 Å². The highest BCUT2D eigenvalue weighted by atomic mass is 16.5. The molecule has 3 aliphatic rings. The maximum absolute atomic E-state index is 12.6. The van der Waals surface area contributed by atoms with Gasteiger partial charge in [0.05, 0.1) is 0 Å². The second-order valence-electron chi connectivity index (χ2n) is 8.28. The molecule has 1 atom stereocenters. The minimum atomic E-state index is 0.147. The Morgan fingerprint density at radius 3 is 2.73 bits per heavy atom. The SMILES string of the molecule is O=C(COc1ccc2c(c1)CCC2)N1CCC[C@@H](CN2CCCCC2)C1. The summed E-state index contributed by atoms with van der Waals surface area (Å²) in [6, 6.07) is 6.31. The van der Waals surface area contributed by atoms with Gasteiger partial charge in [-0.15, -0.1) is 0 Å². The van der Waals surface area contributed by atoms with Gasteiger partial charge >= 0.3 is 0 Å². The van der Waals surface area contributed by atoms with Crippen LogP contribution in [0.3, 0.4) is 0 Å². The molecule has 2 heterocycles. The number of carbonyl (C=O) groups excluding carboxylic acids is 1. The molecule has 0 radical (unpaired) electrons. The van der Waals surface area contributed by atoms with E-state index in [4.69, 9.17) is 4.74 Å².